The summed E-state index contributed by atoms with van der Waals surface area (Å²) >= 11 is 0. The number of hydrogen-bond donors (Lipinski definition) is 0. The van der Waals surface area contributed by atoms with E-state index in [1.807, 2.05) is 0 Å². The number of benzene rings is 7. The Kier molecular flexibility index (Phi) is 4.51. The molecule has 0 radical (unpaired) electrons. The average molecular weight is 585 g/mol. The Morgan fingerprint density at radius 1 is 0.522 bits per heavy atom. The Bertz CT molecular complexity index is 2790. The molecule has 0 saturated heterocycles. The topological polar surface area (TPSA) is 9.86 Å². The molecule has 1 aliphatic carbocycles. The number of nitrogens with zero attached hydrogens (tertiary/aromatic N) is 2. The summed E-state index contributed by atoms with van der Waals surface area (Å²) in [5.41, 5.74) is 14.6. The molecule has 0 amide bonds. The maximum absolute atomic E-state index is 2.71. The van der Waals surface area contributed by atoms with Gasteiger partial charge in [0.05, 0.1) is 11.0 Å². The SMILES string of the molecule is CC1(C)c2ccccc2-c2ccc3c4ccccc4n(B4c5ccccc5-n5c6ccccc6c6c7ccccc7cc4c65)c3c21. The van der Waals surface area contributed by atoms with Crippen LogP contribution in [0.1, 0.15) is 25.0 Å². The molecule has 2 aliphatic rings. The van der Waals surface area contributed by atoms with Gasteiger partial charge in [-0.1, -0.05) is 135 Å². The predicted molar refractivity (Wildman–Crippen MR) is 196 cm³/mol. The van der Waals surface area contributed by atoms with Crippen LogP contribution in [0.3, 0.4) is 0 Å². The van der Waals surface area contributed by atoms with Gasteiger partial charge in [0.25, 0.3) is 0 Å². The number of para-hydroxylation sites is 3. The summed E-state index contributed by atoms with van der Waals surface area (Å²) < 4.78 is 5.25. The van der Waals surface area contributed by atoms with Crippen LogP contribution < -0.4 is 10.9 Å². The van der Waals surface area contributed by atoms with Crippen molar-refractivity contribution in [3.05, 3.63) is 151 Å². The number of aromatic nitrogens is 2. The van der Waals surface area contributed by atoms with Crippen molar-refractivity contribution in [2.24, 2.45) is 0 Å². The molecule has 9 aromatic rings. The van der Waals surface area contributed by atoms with Crippen LogP contribution in [0.4, 0.5) is 0 Å². The minimum Gasteiger partial charge on any atom is -0.376 e. The normalized spacial score (nSPS) is 14.4. The van der Waals surface area contributed by atoms with E-state index in [0.29, 0.717) is 0 Å². The standard InChI is InChI=1S/C43H29BN2/c1-43(2)33-18-8-5-15-28(33)30-23-24-31-29-16-6-11-21-37(29)46(41(31)40(30)43)44-34-19-9-12-22-38(34)45-36-20-10-7-17-32(36)39-27-14-4-3-13-26(27)25-35(44)42(39)45/h3-25H,1-2H3. The fourth-order valence-corrected chi connectivity index (χ4v) is 9.31. The highest BCUT2D eigenvalue weighted by Gasteiger charge is 2.41. The van der Waals surface area contributed by atoms with Crippen LogP contribution in [-0.2, 0) is 5.41 Å². The van der Waals surface area contributed by atoms with Crippen LogP contribution in [0.15, 0.2) is 140 Å². The smallest absolute Gasteiger partial charge is 0.332 e. The number of hydrogen-bond acceptors (Lipinski definition) is 0. The zero-order valence-corrected chi connectivity index (χ0v) is 25.8. The molecule has 0 N–H and O–H groups in total. The van der Waals surface area contributed by atoms with E-state index in [2.05, 4.69) is 162 Å². The largest absolute Gasteiger partial charge is 0.376 e. The molecule has 11 rings (SSSR count). The molecule has 3 heterocycles. The molecule has 2 nitrogen and oxygen atoms in total. The van der Waals surface area contributed by atoms with Crippen molar-refractivity contribution in [2.75, 3.05) is 0 Å². The molecule has 0 atom stereocenters. The van der Waals surface area contributed by atoms with E-state index < -0.39 is 0 Å². The summed E-state index contributed by atoms with van der Waals surface area (Å²) in [5, 5.41) is 7.90. The molecule has 0 unspecified atom stereocenters. The highest BCUT2D eigenvalue weighted by molar-refractivity contribution is 6.88. The van der Waals surface area contributed by atoms with Crippen molar-refractivity contribution in [1.29, 1.82) is 0 Å². The zero-order valence-electron chi connectivity index (χ0n) is 25.8. The van der Waals surface area contributed by atoms with Gasteiger partial charge in [-0.05, 0) is 62.2 Å². The summed E-state index contributed by atoms with van der Waals surface area (Å²) in [7, 11) is 0. The van der Waals surface area contributed by atoms with E-state index in [-0.39, 0.29) is 12.3 Å². The molecular formula is C43H29BN2. The van der Waals surface area contributed by atoms with Crippen LogP contribution in [0.2, 0.25) is 0 Å². The summed E-state index contributed by atoms with van der Waals surface area (Å²) in [6.07, 6.45) is 0. The van der Waals surface area contributed by atoms with Crippen LogP contribution in [0, 0.1) is 0 Å². The second-order valence-electron chi connectivity index (χ2n) is 13.7. The van der Waals surface area contributed by atoms with Crippen molar-refractivity contribution in [3.63, 3.8) is 0 Å². The minimum atomic E-state index is -0.140. The van der Waals surface area contributed by atoms with Crippen molar-refractivity contribution >= 4 is 72.2 Å². The van der Waals surface area contributed by atoms with Crippen LogP contribution in [0.5, 0.6) is 0 Å². The third-order valence-corrected chi connectivity index (χ3v) is 11.1. The quantitative estimate of drug-likeness (QED) is 0.170. The summed E-state index contributed by atoms with van der Waals surface area (Å²) in [4.78, 5) is 0. The number of fused-ring (bicyclic) bond motifs is 14. The molecule has 0 bridgehead atoms. The van der Waals surface area contributed by atoms with Crippen LogP contribution in [0.25, 0.3) is 71.2 Å². The zero-order chi connectivity index (χ0) is 30.3. The monoisotopic (exact) mass is 584 g/mol. The van der Waals surface area contributed by atoms with Gasteiger partial charge in [0.2, 0.25) is 0 Å². The molecule has 46 heavy (non-hydrogen) atoms. The summed E-state index contributed by atoms with van der Waals surface area (Å²) in [6.45, 7) is 4.83. The average Bonchev–Trinajstić information content (AvgIpc) is 3.70. The summed E-state index contributed by atoms with van der Waals surface area (Å²) in [5.74, 6) is 0. The fraction of sp³-hybridized carbons (Fsp3) is 0.0698. The Morgan fingerprint density at radius 3 is 2.11 bits per heavy atom. The van der Waals surface area contributed by atoms with E-state index in [4.69, 9.17) is 0 Å². The lowest BCUT2D eigenvalue weighted by atomic mass is 9.48. The lowest BCUT2D eigenvalue weighted by Crippen LogP contribution is -2.53. The first kappa shape index (κ1) is 24.7. The second kappa shape index (κ2) is 8.38. The highest BCUT2D eigenvalue weighted by Crippen LogP contribution is 2.52. The van der Waals surface area contributed by atoms with Crippen molar-refractivity contribution < 1.29 is 0 Å². The first-order chi connectivity index (χ1) is 22.6. The van der Waals surface area contributed by atoms with Gasteiger partial charge in [0, 0.05) is 43.7 Å². The Morgan fingerprint density at radius 2 is 1.22 bits per heavy atom. The second-order valence-corrected chi connectivity index (χ2v) is 13.7. The lowest BCUT2D eigenvalue weighted by Gasteiger charge is -2.30. The molecule has 214 valence electrons. The van der Waals surface area contributed by atoms with Crippen LogP contribution >= 0.6 is 0 Å². The van der Waals surface area contributed by atoms with Gasteiger partial charge in [-0.25, -0.2) is 0 Å². The Labute approximate surface area is 267 Å². The van der Waals surface area contributed by atoms with Crippen molar-refractivity contribution in [3.8, 4) is 16.8 Å². The highest BCUT2D eigenvalue weighted by atomic mass is 15.0. The lowest BCUT2D eigenvalue weighted by molar-refractivity contribution is 0.664. The van der Waals surface area contributed by atoms with Gasteiger partial charge in [0.15, 0.2) is 0 Å². The first-order valence-electron chi connectivity index (χ1n) is 16.3. The molecule has 0 saturated carbocycles. The van der Waals surface area contributed by atoms with Gasteiger partial charge in [-0.15, -0.1) is 0 Å². The molecule has 7 aromatic carbocycles. The Hall–Kier alpha value is -5.54. The molecular weight excluding hydrogens is 555 g/mol. The maximum Gasteiger partial charge on any atom is 0.332 e. The van der Waals surface area contributed by atoms with Crippen molar-refractivity contribution in [2.45, 2.75) is 19.3 Å². The molecule has 0 fully saturated rings. The predicted octanol–water partition coefficient (Wildman–Crippen LogP) is 9.32. The van der Waals surface area contributed by atoms with E-state index in [9.17, 15) is 0 Å². The van der Waals surface area contributed by atoms with Gasteiger partial charge in [-0.3, -0.25) is 0 Å². The van der Waals surface area contributed by atoms with E-state index >= 15 is 0 Å². The number of rotatable bonds is 1. The van der Waals surface area contributed by atoms with E-state index in [1.165, 1.54) is 93.3 Å². The minimum absolute atomic E-state index is 0.00599. The van der Waals surface area contributed by atoms with Gasteiger partial charge in [-0.2, -0.15) is 0 Å². The molecule has 0 spiro atoms. The maximum atomic E-state index is 2.71. The molecule has 3 heteroatoms. The van der Waals surface area contributed by atoms with E-state index in [1.54, 1.807) is 0 Å². The molecule has 1 aliphatic heterocycles. The van der Waals surface area contributed by atoms with Gasteiger partial charge < -0.3 is 9.05 Å². The van der Waals surface area contributed by atoms with Crippen molar-refractivity contribution in [1.82, 2.24) is 9.05 Å². The van der Waals surface area contributed by atoms with Gasteiger partial charge >= 0.3 is 6.85 Å². The third kappa shape index (κ3) is 2.82. The Balaban J connectivity index is 1.38. The van der Waals surface area contributed by atoms with E-state index in [0.717, 1.165) is 0 Å². The molecule has 2 aromatic heterocycles. The fourth-order valence-electron chi connectivity index (χ4n) is 9.31. The third-order valence-electron chi connectivity index (χ3n) is 11.1. The first-order valence-corrected chi connectivity index (χ1v) is 16.3. The summed E-state index contributed by atoms with van der Waals surface area (Å²) in [6, 6.07) is 52.3. The van der Waals surface area contributed by atoms with Crippen LogP contribution in [-0.4, -0.2) is 15.9 Å². The van der Waals surface area contributed by atoms with Gasteiger partial charge in [0.1, 0.15) is 0 Å².